The second-order valence-corrected chi connectivity index (χ2v) is 4.50. The van der Waals surface area contributed by atoms with Crippen molar-refractivity contribution < 1.29 is 4.79 Å². The van der Waals surface area contributed by atoms with Gasteiger partial charge in [0.2, 0.25) is 0 Å². The summed E-state index contributed by atoms with van der Waals surface area (Å²) in [6.45, 7) is 1.83. The Labute approximate surface area is 94.4 Å². The van der Waals surface area contributed by atoms with Gasteiger partial charge < -0.3 is 0 Å². The van der Waals surface area contributed by atoms with Gasteiger partial charge in [0.1, 0.15) is 5.15 Å². The van der Waals surface area contributed by atoms with Crippen LogP contribution in [0.1, 0.15) is 54.2 Å². The lowest BCUT2D eigenvalue weighted by atomic mass is 9.96. The minimum absolute atomic E-state index is 0.388. The first kappa shape index (κ1) is 10.7. The van der Waals surface area contributed by atoms with E-state index in [1.165, 1.54) is 19.3 Å². The highest BCUT2D eigenvalue weighted by Gasteiger charge is 2.21. The molecule has 1 aliphatic carbocycles. The molecule has 0 saturated heterocycles. The van der Waals surface area contributed by atoms with E-state index in [1.54, 1.807) is 0 Å². The summed E-state index contributed by atoms with van der Waals surface area (Å²) in [5.74, 6) is 0. The van der Waals surface area contributed by atoms with Gasteiger partial charge in [0.15, 0.2) is 6.29 Å². The Morgan fingerprint density at radius 1 is 1.40 bits per heavy atom. The van der Waals surface area contributed by atoms with Crippen LogP contribution in [0.3, 0.4) is 0 Å². The van der Waals surface area contributed by atoms with Crippen LogP contribution in [0, 0.1) is 6.92 Å². The number of halogens is 1. The first-order valence-corrected chi connectivity index (χ1v) is 5.81. The molecule has 0 radical (unpaired) electrons. The third kappa shape index (κ3) is 1.93. The summed E-state index contributed by atoms with van der Waals surface area (Å²) >= 11 is 6.13. The molecule has 1 aliphatic rings. The molecule has 1 aromatic rings. The Kier molecular flexibility index (Phi) is 3.10. The zero-order chi connectivity index (χ0) is 10.8. The monoisotopic (exact) mass is 226 g/mol. The van der Waals surface area contributed by atoms with Crippen LogP contribution in [0.5, 0.6) is 0 Å². The summed E-state index contributed by atoms with van der Waals surface area (Å²) in [5, 5.41) is 4.87. The van der Waals surface area contributed by atoms with Crippen LogP contribution in [0.4, 0.5) is 0 Å². The molecule has 1 fully saturated rings. The van der Waals surface area contributed by atoms with Gasteiger partial charge in [-0.2, -0.15) is 5.10 Å². The van der Waals surface area contributed by atoms with Gasteiger partial charge in [-0.1, -0.05) is 30.9 Å². The van der Waals surface area contributed by atoms with E-state index in [-0.39, 0.29) is 0 Å². The molecule has 15 heavy (non-hydrogen) atoms. The molecule has 0 aliphatic heterocycles. The smallest absolute Gasteiger partial charge is 0.155 e. The van der Waals surface area contributed by atoms with Gasteiger partial charge in [0, 0.05) is 0 Å². The van der Waals surface area contributed by atoms with Crippen molar-refractivity contribution in [3.63, 3.8) is 0 Å². The van der Waals surface area contributed by atoms with Gasteiger partial charge in [0.05, 0.1) is 17.3 Å². The lowest BCUT2D eigenvalue weighted by Crippen LogP contribution is -2.14. The summed E-state index contributed by atoms with van der Waals surface area (Å²) in [6, 6.07) is 0.388. The minimum atomic E-state index is 0.388. The van der Waals surface area contributed by atoms with Crippen LogP contribution in [0.2, 0.25) is 5.15 Å². The van der Waals surface area contributed by atoms with Gasteiger partial charge in [-0.15, -0.1) is 0 Å². The summed E-state index contributed by atoms with van der Waals surface area (Å²) < 4.78 is 1.83. The molecule has 1 heterocycles. The highest BCUT2D eigenvalue weighted by atomic mass is 35.5. The van der Waals surface area contributed by atoms with E-state index >= 15 is 0 Å². The van der Waals surface area contributed by atoms with E-state index in [9.17, 15) is 4.79 Å². The molecule has 1 aromatic heterocycles. The fourth-order valence-electron chi connectivity index (χ4n) is 2.23. The van der Waals surface area contributed by atoms with E-state index in [1.807, 2.05) is 11.6 Å². The summed E-state index contributed by atoms with van der Waals surface area (Å²) in [7, 11) is 0. The molecule has 2 rings (SSSR count). The first-order chi connectivity index (χ1) is 7.24. The molecule has 0 bridgehead atoms. The predicted octanol–water partition coefficient (Wildman–Crippen LogP) is 3.16. The van der Waals surface area contributed by atoms with Gasteiger partial charge in [0.25, 0.3) is 0 Å². The molecule has 0 unspecified atom stereocenters. The van der Waals surface area contributed by atoms with E-state index in [0.717, 1.165) is 24.8 Å². The van der Waals surface area contributed by atoms with Crippen LogP contribution in [-0.2, 0) is 0 Å². The van der Waals surface area contributed by atoms with Crippen molar-refractivity contribution >= 4 is 17.9 Å². The van der Waals surface area contributed by atoms with Crippen LogP contribution in [0.25, 0.3) is 0 Å². The van der Waals surface area contributed by atoms with Crippen molar-refractivity contribution in [3.05, 3.63) is 16.4 Å². The quantitative estimate of drug-likeness (QED) is 0.726. The lowest BCUT2D eigenvalue weighted by molar-refractivity contribution is 0.112. The molecular formula is C11H15ClN2O. The number of nitrogens with zero attached hydrogens (tertiary/aromatic N) is 2. The first-order valence-electron chi connectivity index (χ1n) is 5.44. The largest absolute Gasteiger partial charge is 0.298 e. The van der Waals surface area contributed by atoms with Crippen LogP contribution in [0.15, 0.2) is 0 Å². The van der Waals surface area contributed by atoms with Gasteiger partial charge in [-0.3, -0.25) is 4.79 Å². The number of aromatic nitrogens is 2. The Hall–Kier alpha value is -0.830. The Morgan fingerprint density at radius 3 is 2.60 bits per heavy atom. The number of aldehydes is 1. The number of carbonyl (C=O) groups is 1. The molecule has 0 atom stereocenters. The fourth-order valence-corrected chi connectivity index (χ4v) is 2.59. The lowest BCUT2D eigenvalue weighted by Gasteiger charge is -2.22. The molecule has 0 amide bonds. The SMILES string of the molecule is Cc1nn(C2CCCCC2)c(Cl)c1C=O. The molecule has 0 N–H and O–H groups in total. The van der Waals surface area contributed by atoms with Crippen LogP contribution < -0.4 is 0 Å². The van der Waals surface area contributed by atoms with Gasteiger partial charge in [-0.05, 0) is 19.8 Å². The maximum absolute atomic E-state index is 10.8. The number of aryl methyl sites for hydroxylation is 1. The van der Waals surface area contributed by atoms with Crippen LogP contribution >= 0.6 is 11.6 Å². The maximum atomic E-state index is 10.8. The molecule has 0 spiro atoms. The Morgan fingerprint density at radius 2 is 2.07 bits per heavy atom. The standard InChI is InChI=1S/C11H15ClN2O/c1-8-10(7-15)11(12)14(13-8)9-5-3-2-4-6-9/h7,9H,2-6H2,1H3. The van der Waals surface area contributed by atoms with Crippen molar-refractivity contribution in [1.82, 2.24) is 9.78 Å². The van der Waals surface area contributed by atoms with Crippen molar-refractivity contribution in [2.24, 2.45) is 0 Å². The summed E-state index contributed by atoms with van der Waals surface area (Å²) in [4.78, 5) is 10.8. The third-order valence-corrected chi connectivity index (χ3v) is 3.49. The van der Waals surface area contributed by atoms with Crippen LogP contribution in [-0.4, -0.2) is 16.1 Å². The highest BCUT2D eigenvalue weighted by molar-refractivity contribution is 6.32. The van der Waals surface area contributed by atoms with Crippen molar-refractivity contribution in [2.75, 3.05) is 0 Å². The van der Waals surface area contributed by atoms with Crippen molar-refractivity contribution in [1.29, 1.82) is 0 Å². The number of hydrogen-bond acceptors (Lipinski definition) is 2. The van der Waals surface area contributed by atoms with Gasteiger partial charge >= 0.3 is 0 Å². The molecule has 0 aromatic carbocycles. The van der Waals surface area contributed by atoms with Crippen molar-refractivity contribution in [2.45, 2.75) is 45.1 Å². The zero-order valence-electron chi connectivity index (χ0n) is 8.87. The summed E-state index contributed by atoms with van der Waals surface area (Å²) in [6.07, 6.45) is 6.81. The van der Waals surface area contributed by atoms with E-state index in [0.29, 0.717) is 16.8 Å². The van der Waals surface area contributed by atoms with Crippen molar-refractivity contribution in [3.8, 4) is 0 Å². The second kappa shape index (κ2) is 4.35. The maximum Gasteiger partial charge on any atom is 0.155 e. The second-order valence-electron chi connectivity index (χ2n) is 4.14. The number of hydrogen-bond donors (Lipinski definition) is 0. The van der Waals surface area contributed by atoms with E-state index < -0.39 is 0 Å². The minimum Gasteiger partial charge on any atom is -0.298 e. The molecule has 4 heteroatoms. The summed E-state index contributed by atoms with van der Waals surface area (Å²) in [5.41, 5.74) is 1.28. The molecule has 82 valence electrons. The zero-order valence-corrected chi connectivity index (χ0v) is 9.63. The molecule has 3 nitrogen and oxygen atoms in total. The Balaban J connectivity index is 2.31. The van der Waals surface area contributed by atoms with Gasteiger partial charge in [-0.25, -0.2) is 4.68 Å². The number of rotatable bonds is 2. The number of carbonyl (C=O) groups excluding carboxylic acids is 1. The van der Waals surface area contributed by atoms with E-state index in [2.05, 4.69) is 5.10 Å². The normalized spacial score (nSPS) is 18.0. The topological polar surface area (TPSA) is 34.9 Å². The van der Waals surface area contributed by atoms with E-state index in [4.69, 9.17) is 11.6 Å². The highest BCUT2D eigenvalue weighted by Crippen LogP contribution is 2.31. The average molecular weight is 227 g/mol. The third-order valence-electron chi connectivity index (χ3n) is 3.11. The fraction of sp³-hybridized carbons (Fsp3) is 0.636. The average Bonchev–Trinajstić information content (AvgIpc) is 2.55. The predicted molar refractivity (Wildman–Crippen MR) is 59.5 cm³/mol. The Bertz CT molecular complexity index is 367. The molecule has 1 saturated carbocycles. The molecular weight excluding hydrogens is 212 g/mol.